The average molecular weight is 398 g/mol. The van der Waals surface area contributed by atoms with Crippen molar-refractivity contribution in [2.24, 2.45) is 0 Å². The van der Waals surface area contributed by atoms with Crippen molar-refractivity contribution in [3.05, 3.63) is 35.9 Å². The van der Waals surface area contributed by atoms with Gasteiger partial charge in [0.1, 0.15) is 12.6 Å². The number of aliphatic hydroxyl groups excluding tert-OH is 1. The summed E-state index contributed by atoms with van der Waals surface area (Å²) >= 11 is 1.51. The van der Waals surface area contributed by atoms with Crippen LogP contribution in [0, 0.1) is 0 Å². The molecule has 0 aliphatic heterocycles. The van der Waals surface area contributed by atoms with Gasteiger partial charge in [-0.25, -0.2) is 9.59 Å². The van der Waals surface area contributed by atoms with E-state index in [0.717, 1.165) is 12.7 Å². The van der Waals surface area contributed by atoms with Gasteiger partial charge in [-0.15, -0.1) is 0 Å². The molecule has 0 aromatic heterocycles. The van der Waals surface area contributed by atoms with Crippen LogP contribution < -0.4 is 10.6 Å². The molecule has 0 saturated heterocycles. The second-order valence-corrected chi connectivity index (χ2v) is 6.78. The fourth-order valence-electron chi connectivity index (χ4n) is 2.17. The highest BCUT2D eigenvalue weighted by atomic mass is 32.2. The molecule has 3 N–H and O–H groups in total. The highest BCUT2D eigenvalue weighted by molar-refractivity contribution is 7.98. The summed E-state index contributed by atoms with van der Waals surface area (Å²) in [6.07, 6.45) is 0.316. The van der Waals surface area contributed by atoms with E-state index in [4.69, 9.17) is 4.74 Å². The van der Waals surface area contributed by atoms with E-state index >= 15 is 0 Å². The van der Waals surface area contributed by atoms with Crippen molar-refractivity contribution in [2.45, 2.75) is 38.1 Å². The van der Waals surface area contributed by atoms with Gasteiger partial charge in [-0.05, 0) is 30.9 Å². The van der Waals surface area contributed by atoms with Crippen molar-refractivity contribution in [3.8, 4) is 0 Å². The molecule has 1 aromatic rings. The van der Waals surface area contributed by atoms with Crippen LogP contribution in [-0.2, 0) is 25.7 Å². The Morgan fingerprint density at radius 2 is 1.85 bits per heavy atom. The molecule has 0 radical (unpaired) electrons. The zero-order chi connectivity index (χ0) is 20.2. The van der Waals surface area contributed by atoms with Gasteiger partial charge in [-0.3, -0.25) is 4.79 Å². The maximum atomic E-state index is 12.5. The molecule has 1 aromatic carbocycles. The van der Waals surface area contributed by atoms with Crippen LogP contribution in [0.1, 0.15) is 18.9 Å². The van der Waals surface area contributed by atoms with Gasteiger partial charge in [-0.1, -0.05) is 30.3 Å². The van der Waals surface area contributed by atoms with Crippen molar-refractivity contribution >= 4 is 29.7 Å². The summed E-state index contributed by atoms with van der Waals surface area (Å²) in [5.41, 5.74) is 0.817. The zero-order valence-corrected chi connectivity index (χ0v) is 16.5. The van der Waals surface area contributed by atoms with Crippen LogP contribution in [-0.4, -0.2) is 60.4 Å². The summed E-state index contributed by atoms with van der Waals surface area (Å²) in [6.45, 7) is 1.43. The van der Waals surface area contributed by atoms with Gasteiger partial charge in [0.15, 0.2) is 6.04 Å². The predicted octanol–water partition coefficient (Wildman–Crippen LogP) is 1.07. The quantitative estimate of drug-likeness (QED) is 0.505. The monoisotopic (exact) mass is 398 g/mol. The third-order valence-electron chi connectivity index (χ3n) is 3.67. The number of amides is 2. The molecule has 0 heterocycles. The van der Waals surface area contributed by atoms with Crippen LogP contribution in [0.2, 0.25) is 0 Å². The first-order chi connectivity index (χ1) is 12.9. The first-order valence-electron chi connectivity index (χ1n) is 8.41. The number of ether oxygens (including phenoxy) is 2. The van der Waals surface area contributed by atoms with E-state index in [1.165, 1.54) is 18.7 Å². The van der Waals surface area contributed by atoms with Crippen LogP contribution >= 0.6 is 11.8 Å². The summed E-state index contributed by atoms with van der Waals surface area (Å²) in [6, 6.07) is 7.01. The lowest BCUT2D eigenvalue weighted by atomic mass is 10.1. The largest absolute Gasteiger partial charge is 0.467 e. The Morgan fingerprint density at radius 3 is 2.41 bits per heavy atom. The Labute approximate surface area is 163 Å². The van der Waals surface area contributed by atoms with Crippen molar-refractivity contribution in [1.29, 1.82) is 0 Å². The van der Waals surface area contributed by atoms with Crippen molar-refractivity contribution in [3.63, 3.8) is 0 Å². The smallest absolute Gasteiger partial charge is 0.408 e. The molecule has 150 valence electrons. The van der Waals surface area contributed by atoms with Crippen molar-refractivity contribution < 1.29 is 29.0 Å². The van der Waals surface area contributed by atoms with Crippen LogP contribution in [0.15, 0.2) is 30.3 Å². The molecular formula is C18H26N2O6S. The normalized spacial score (nSPS) is 13.8. The molecule has 0 fully saturated rings. The second kappa shape index (κ2) is 12.2. The van der Waals surface area contributed by atoms with Gasteiger partial charge in [0.05, 0.1) is 13.2 Å². The lowest BCUT2D eigenvalue weighted by molar-refractivity contribution is -0.148. The number of rotatable bonds is 10. The van der Waals surface area contributed by atoms with Gasteiger partial charge in [0.25, 0.3) is 0 Å². The summed E-state index contributed by atoms with van der Waals surface area (Å²) in [5, 5.41) is 14.6. The Kier molecular flexibility index (Phi) is 10.3. The summed E-state index contributed by atoms with van der Waals surface area (Å²) in [7, 11) is 1.16. The molecule has 0 aliphatic rings. The number of thioether (sulfide) groups is 1. The minimum atomic E-state index is -1.22. The van der Waals surface area contributed by atoms with E-state index in [1.54, 1.807) is 0 Å². The highest BCUT2D eigenvalue weighted by Gasteiger charge is 2.30. The van der Waals surface area contributed by atoms with Gasteiger partial charge in [0.2, 0.25) is 5.91 Å². The minimum Gasteiger partial charge on any atom is -0.467 e. The second-order valence-electron chi connectivity index (χ2n) is 5.79. The maximum absolute atomic E-state index is 12.5. The molecule has 1 rings (SSSR count). The van der Waals surface area contributed by atoms with E-state index in [9.17, 15) is 19.5 Å². The number of carbonyl (C=O) groups excluding carboxylic acids is 3. The average Bonchev–Trinajstić information content (AvgIpc) is 2.67. The van der Waals surface area contributed by atoms with Crippen molar-refractivity contribution in [1.82, 2.24) is 10.6 Å². The van der Waals surface area contributed by atoms with Gasteiger partial charge >= 0.3 is 12.1 Å². The lowest BCUT2D eigenvalue weighted by Crippen LogP contribution is -2.55. The van der Waals surface area contributed by atoms with E-state index < -0.39 is 36.2 Å². The Hall–Kier alpha value is -2.26. The standard InChI is InChI=1S/C18H26N2O6S/c1-12(21)15(17(23)25-2)20-16(22)14(9-10-27-3)19-18(24)26-11-13-7-5-4-6-8-13/h4-8,12,14-15,21H,9-11H2,1-3H3,(H,19,24)(H,20,22)/t12-,14-,15-/m0/s1. The molecule has 8 nitrogen and oxygen atoms in total. The Bertz CT molecular complexity index is 611. The SMILES string of the molecule is COC(=O)[C@@H](NC(=O)[C@H](CCSC)NC(=O)OCc1ccccc1)[C@H](C)O. The zero-order valence-electron chi connectivity index (χ0n) is 15.6. The van der Waals surface area contributed by atoms with Gasteiger partial charge in [0, 0.05) is 0 Å². The number of hydrogen-bond acceptors (Lipinski definition) is 7. The first-order valence-corrected chi connectivity index (χ1v) is 9.80. The summed E-state index contributed by atoms with van der Waals surface area (Å²) in [4.78, 5) is 36.2. The predicted molar refractivity (Wildman–Crippen MR) is 102 cm³/mol. The number of carbonyl (C=O) groups is 3. The van der Waals surface area contributed by atoms with Crippen molar-refractivity contribution in [2.75, 3.05) is 19.1 Å². The van der Waals surface area contributed by atoms with Crippen LogP contribution in [0.25, 0.3) is 0 Å². The number of methoxy groups -OCH3 is 1. The van der Waals surface area contributed by atoms with Crippen LogP contribution in [0.4, 0.5) is 4.79 Å². The van der Waals surface area contributed by atoms with E-state index in [1.807, 2.05) is 36.6 Å². The van der Waals surface area contributed by atoms with Crippen LogP contribution in [0.3, 0.4) is 0 Å². The van der Waals surface area contributed by atoms with Gasteiger partial charge in [-0.2, -0.15) is 11.8 Å². The molecule has 0 unspecified atom stereocenters. The first kappa shape index (κ1) is 22.8. The number of aliphatic hydroxyl groups is 1. The Balaban J connectivity index is 2.68. The molecule has 9 heteroatoms. The topological polar surface area (TPSA) is 114 Å². The summed E-state index contributed by atoms with van der Waals surface area (Å²) < 4.78 is 9.71. The Morgan fingerprint density at radius 1 is 1.19 bits per heavy atom. The summed E-state index contributed by atoms with van der Waals surface area (Å²) in [5.74, 6) is -0.764. The molecule has 0 spiro atoms. The molecule has 27 heavy (non-hydrogen) atoms. The highest BCUT2D eigenvalue weighted by Crippen LogP contribution is 2.05. The number of benzene rings is 1. The molecule has 2 amide bonds. The maximum Gasteiger partial charge on any atom is 0.408 e. The minimum absolute atomic E-state index is 0.0714. The van der Waals surface area contributed by atoms with E-state index in [0.29, 0.717) is 12.2 Å². The fraction of sp³-hybridized carbons (Fsp3) is 0.500. The molecule has 3 atom stereocenters. The fourth-order valence-corrected chi connectivity index (χ4v) is 2.64. The number of alkyl carbamates (subject to hydrolysis) is 1. The third-order valence-corrected chi connectivity index (χ3v) is 4.31. The van der Waals surface area contributed by atoms with E-state index in [-0.39, 0.29) is 6.61 Å². The lowest BCUT2D eigenvalue weighted by Gasteiger charge is -2.23. The molecule has 0 saturated carbocycles. The van der Waals surface area contributed by atoms with Crippen LogP contribution in [0.5, 0.6) is 0 Å². The third kappa shape index (κ3) is 8.31. The number of hydrogen-bond donors (Lipinski definition) is 3. The molecule has 0 aliphatic carbocycles. The molecule has 0 bridgehead atoms. The van der Waals surface area contributed by atoms with E-state index in [2.05, 4.69) is 15.4 Å². The van der Waals surface area contributed by atoms with Gasteiger partial charge < -0.3 is 25.2 Å². The molecular weight excluding hydrogens is 372 g/mol. The number of esters is 1. The number of nitrogens with one attached hydrogen (secondary N) is 2.